The molecule has 2 rings (SSSR count). The van der Waals surface area contributed by atoms with Crippen molar-refractivity contribution in [3.8, 4) is 0 Å². The Morgan fingerprint density at radius 1 is 0.842 bits per heavy atom. The first-order valence-electron chi connectivity index (χ1n) is 7.07. The fraction of sp³-hybridized carbons (Fsp3) is 0.474. The van der Waals surface area contributed by atoms with Gasteiger partial charge in [-0.15, -0.1) is 0 Å². The number of hydrogen-bond acceptors (Lipinski definition) is 0. The molecule has 0 saturated heterocycles. The van der Waals surface area contributed by atoms with Gasteiger partial charge in [0.05, 0.1) is 0 Å². The van der Waals surface area contributed by atoms with Crippen molar-refractivity contribution in [1.29, 1.82) is 0 Å². The Kier molecular flexibility index (Phi) is 3.24. The average Bonchev–Trinajstić information content (AvgIpc) is 2.25. The molecule has 0 N–H and O–H groups in total. The first kappa shape index (κ1) is 14.1. The summed E-state index contributed by atoms with van der Waals surface area (Å²) < 4.78 is 0. The van der Waals surface area contributed by atoms with Crippen molar-refractivity contribution in [3.63, 3.8) is 0 Å². The lowest BCUT2D eigenvalue weighted by Crippen LogP contribution is -2.17. The molecule has 0 aliphatic rings. The third-order valence-electron chi connectivity index (χ3n) is 3.70. The highest BCUT2D eigenvalue weighted by molar-refractivity contribution is 5.90. The Morgan fingerprint density at radius 3 is 2.00 bits per heavy atom. The zero-order chi connectivity index (χ0) is 14.4. The van der Waals surface area contributed by atoms with Gasteiger partial charge in [0, 0.05) is 0 Å². The van der Waals surface area contributed by atoms with Crippen LogP contribution < -0.4 is 0 Å². The van der Waals surface area contributed by atoms with Gasteiger partial charge in [-0.2, -0.15) is 0 Å². The molecular weight excluding hydrogens is 228 g/mol. The van der Waals surface area contributed by atoms with Crippen LogP contribution in [0.4, 0.5) is 0 Å². The molecule has 0 heterocycles. The largest absolute Gasteiger partial charge is 0.0614 e. The highest BCUT2D eigenvalue weighted by atomic mass is 14.3. The van der Waals surface area contributed by atoms with Crippen LogP contribution in [0.3, 0.4) is 0 Å². The molecular formula is C19H25. The van der Waals surface area contributed by atoms with Crippen molar-refractivity contribution in [2.75, 3.05) is 0 Å². The number of aryl methyl sites for hydroxylation is 1. The van der Waals surface area contributed by atoms with Crippen LogP contribution in [0.1, 0.15) is 58.2 Å². The summed E-state index contributed by atoms with van der Waals surface area (Å²) in [6, 6.07) is 12.6. The monoisotopic (exact) mass is 253 g/mol. The molecule has 2 aromatic rings. The number of hydrogen-bond donors (Lipinski definition) is 0. The summed E-state index contributed by atoms with van der Waals surface area (Å²) in [5.74, 6) is 0. The van der Waals surface area contributed by atoms with Gasteiger partial charge in [0.15, 0.2) is 0 Å². The van der Waals surface area contributed by atoms with Crippen LogP contribution in [-0.4, -0.2) is 0 Å². The van der Waals surface area contributed by atoms with Crippen molar-refractivity contribution in [1.82, 2.24) is 0 Å². The quantitative estimate of drug-likeness (QED) is 0.578. The minimum absolute atomic E-state index is 0.118. The second kappa shape index (κ2) is 4.37. The van der Waals surface area contributed by atoms with Crippen molar-refractivity contribution < 1.29 is 0 Å². The van der Waals surface area contributed by atoms with Gasteiger partial charge in [-0.1, -0.05) is 59.7 Å². The van der Waals surface area contributed by atoms with Crippen LogP contribution in [0.2, 0.25) is 0 Å². The molecule has 0 amide bonds. The van der Waals surface area contributed by atoms with E-state index in [2.05, 4.69) is 78.8 Å². The molecule has 0 fully saturated rings. The van der Waals surface area contributed by atoms with Crippen LogP contribution in [0.5, 0.6) is 0 Å². The van der Waals surface area contributed by atoms with E-state index in [1.807, 2.05) is 0 Å². The normalized spacial score (nSPS) is 13.0. The highest BCUT2D eigenvalue weighted by Crippen LogP contribution is 2.35. The Hall–Kier alpha value is -1.30. The predicted octanol–water partition coefficient (Wildman–Crippen LogP) is 5.54. The SMILES string of the molecule is Cc1cccc2c(C(C)(C)C)[c]c(C(C)(C)C)cc12. The maximum Gasteiger partial charge on any atom is -0.00965 e. The molecule has 0 aliphatic heterocycles. The fourth-order valence-electron chi connectivity index (χ4n) is 2.47. The number of fused-ring (bicyclic) bond motifs is 1. The minimum Gasteiger partial charge on any atom is -0.0614 e. The van der Waals surface area contributed by atoms with Crippen molar-refractivity contribution in [3.05, 3.63) is 47.0 Å². The predicted molar refractivity (Wildman–Crippen MR) is 84.9 cm³/mol. The molecule has 0 heteroatoms. The van der Waals surface area contributed by atoms with Crippen LogP contribution in [0.25, 0.3) is 10.8 Å². The summed E-state index contributed by atoms with van der Waals surface area (Å²) in [5, 5.41) is 2.72. The fourth-order valence-corrected chi connectivity index (χ4v) is 2.47. The van der Waals surface area contributed by atoms with E-state index in [4.69, 9.17) is 0 Å². The summed E-state index contributed by atoms with van der Waals surface area (Å²) in [6.45, 7) is 15.8. The topological polar surface area (TPSA) is 0 Å². The lowest BCUT2D eigenvalue weighted by atomic mass is 9.77. The van der Waals surface area contributed by atoms with Gasteiger partial charge in [-0.25, -0.2) is 0 Å². The van der Waals surface area contributed by atoms with E-state index in [9.17, 15) is 0 Å². The highest BCUT2D eigenvalue weighted by Gasteiger charge is 2.22. The molecule has 0 spiro atoms. The molecule has 0 unspecified atom stereocenters. The molecule has 0 saturated carbocycles. The summed E-state index contributed by atoms with van der Waals surface area (Å²) in [5.41, 5.74) is 4.24. The van der Waals surface area contributed by atoms with E-state index >= 15 is 0 Å². The number of rotatable bonds is 0. The van der Waals surface area contributed by atoms with E-state index < -0.39 is 0 Å². The molecule has 19 heavy (non-hydrogen) atoms. The zero-order valence-electron chi connectivity index (χ0n) is 13.3. The molecule has 0 aromatic heterocycles. The maximum atomic E-state index is 3.69. The van der Waals surface area contributed by atoms with Crippen LogP contribution >= 0.6 is 0 Å². The molecule has 101 valence electrons. The van der Waals surface area contributed by atoms with E-state index in [0.717, 1.165) is 0 Å². The molecule has 2 aromatic carbocycles. The van der Waals surface area contributed by atoms with Crippen molar-refractivity contribution in [2.24, 2.45) is 0 Å². The molecule has 0 bridgehead atoms. The van der Waals surface area contributed by atoms with Crippen LogP contribution in [0.15, 0.2) is 24.3 Å². The van der Waals surface area contributed by atoms with Gasteiger partial charge >= 0.3 is 0 Å². The Bertz CT molecular complexity index is 604. The molecule has 0 aliphatic carbocycles. The van der Waals surface area contributed by atoms with Crippen molar-refractivity contribution in [2.45, 2.75) is 59.3 Å². The summed E-state index contributed by atoms with van der Waals surface area (Å²) in [4.78, 5) is 0. The van der Waals surface area contributed by atoms with E-state index in [1.165, 1.54) is 27.5 Å². The van der Waals surface area contributed by atoms with Gasteiger partial charge in [0.1, 0.15) is 0 Å². The van der Waals surface area contributed by atoms with E-state index in [1.54, 1.807) is 0 Å². The first-order valence-corrected chi connectivity index (χ1v) is 7.07. The van der Waals surface area contributed by atoms with Gasteiger partial charge in [-0.05, 0) is 57.3 Å². The van der Waals surface area contributed by atoms with Gasteiger partial charge in [0.2, 0.25) is 0 Å². The third-order valence-corrected chi connectivity index (χ3v) is 3.70. The summed E-state index contributed by atoms with van der Waals surface area (Å²) in [7, 11) is 0. The summed E-state index contributed by atoms with van der Waals surface area (Å²) in [6.07, 6.45) is 0. The lowest BCUT2D eigenvalue weighted by molar-refractivity contribution is 0.571. The summed E-state index contributed by atoms with van der Waals surface area (Å²) >= 11 is 0. The Labute approximate surface area is 117 Å². The second-order valence-corrected chi connectivity index (χ2v) is 7.59. The van der Waals surface area contributed by atoms with Crippen molar-refractivity contribution >= 4 is 10.8 Å². The standard InChI is InChI=1S/C19H25/c1-13-9-8-10-15-16(13)11-14(18(2,3)4)12-17(15)19(5,6)7/h8-11H,1-7H3. The molecule has 0 nitrogen and oxygen atoms in total. The van der Waals surface area contributed by atoms with Gasteiger partial charge in [0.25, 0.3) is 0 Å². The second-order valence-electron chi connectivity index (χ2n) is 7.59. The van der Waals surface area contributed by atoms with Gasteiger partial charge < -0.3 is 0 Å². The zero-order valence-corrected chi connectivity index (χ0v) is 13.3. The number of benzene rings is 2. The molecule has 0 atom stereocenters. The van der Waals surface area contributed by atoms with Crippen LogP contribution in [0, 0.1) is 13.0 Å². The van der Waals surface area contributed by atoms with Crippen LogP contribution in [-0.2, 0) is 10.8 Å². The molecule has 1 radical (unpaired) electrons. The first-order chi connectivity index (χ1) is 8.60. The Morgan fingerprint density at radius 2 is 1.47 bits per heavy atom. The minimum atomic E-state index is 0.118. The lowest BCUT2D eigenvalue weighted by Gasteiger charge is -2.26. The smallest absolute Gasteiger partial charge is 0.00965 e. The third kappa shape index (κ3) is 2.68. The Balaban J connectivity index is 2.89. The van der Waals surface area contributed by atoms with E-state index in [0.29, 0.717) is 0 Å². The van der Waals surface area contributed by atoms with E-state index in [-0.39, 0.29) is 10.8 Å². The maximum absolute atomic E-state index is 3.69. The van der Waals surface area contributed by atoms with Gasteiger partial charge in [-0.3, -0.25) is 0 Å². The average molecular weight is 253 g/mol.